The summed E-state index contributed by atoms with van der Waals surface area (Å²) >= 11 is 6.04. The van der Waals surface area contributed by atoms with Crippen molar-refractivity contribution in [3.63, 3.8) is 0 Å². The van der Waals surface area contributed by atoms with Crippen molar-refractivity contribution < 1.29 is 4.39 Å². The molecule has 0 unspecified atom stereocenters. The molecule has 0 radical (unpaired) electrons. The number of nitrogens with one attached hydrogen (secondary N) is 1. The van der Waals surface area contributed by atoms with E-state index in [0.717, 1.165) is 0 Å². The molecule has 5 heteroatoms. The number of nitrogens with zero attached hydrogens (tertiary/aromatic N) is 1. The lowest BCUT2D eigenvalue weighted by Gasteiger charge is -2.11. The summed E-state index contributed by atoms with van der Waals surface area (Å²) < 4.78 is 13.5. The highest BCUT2D eigenvalue weighted by Gasteiger charge is 2.12. The van der Waals surface area contributed by atoms with E-state index in [1.54, 1.807) is 0 Å². The van der Waals surface area contributed by atoms with E-state index in [1.807, 2.05) is 6.92 Å². The third kappa shape index (κ3) is 1.65. The van der Waals surface area contributed by atoms with Crippen molar-refractivity contribution in [1.82, 2.24) is 4.98 Å². The highest BCUT2D eigenvalue weighted by atomic mass is 35.5. The monoisotopic (exact) mass is 239 g/mol. The first-order chi connectivity index (χ1) is 7.65. The van der Waals surface area contributed by atoms with Gasteiger partial charge in [0.25, 0.3) is 0 Å². The maximum atomic E-state index is 13.5. The number of halogens is 2. The first kappa shape index (κ1) is 11.0. The van der Waals surface area contributed by atoms with Crippen molar-refractivity contribution in [2.24, 2.45) is 0 Å². The van der Waals surface area contributed by atoms with Crippen molar-refractivity contribution in [3.8, 4) is 0 Å². The first-order valence-corrected chi connectivity index (χ1v) is 5.29. The number of hydrogen-bond donors (Lipinski definition) is 2. The molecule has 0 fully saturated rings. The van der Waals surface area contributed by atoms with Gasteiger partial charge in [-0.15, -0.1) is 0 Å². The van der Waals surface area contributed by atoms with Crippen LogP contribution < -0.4 is 11.1 Å². The largest absolute Gasteiger partial charge is 0.396 e. The predicted octanol–water partition coefficient (Wildman–Crippen LogP) is 3.04. The molecule has 0 spiro atoms. The Hall–Kier alpha value is -1.55. The maximum Gasteiger partial charge on any atom is 0.149 e. The molecule has 0 atom stereocenters. The number of pyridine rings is 1. The Morgan fingerprint density at radius 3 is 2.94 bits per heavy atom. The number of aromatic nitrogens is 1. The fourth-order valence-corrected chi connectivity index (χ4v) is 1.86. The lowest BCUT2D eigenvalue weighted by Crippen LogP contribution is -2.03. The van der Waals surface area contributed by atoms with Crippen LogP contribution in [0.4, 0.5) is 15.8 Å². The maximum absolute atomic E-state index is 13.5. The molecule has 2 aromatic rings. The molecule has 3 nitrogen and oxygen atoms in total. The molecular weight excluding hydrogens is 229 g/mol. The number of nitrogens with two attached hydrogens (primary N) is 1. The third-order valence-corrected chi connectivity index (χ3v) is 2.62. The fourth-order valence-electron chi connectivity index (χ4n) is 1.62. The van der Waals surface area contributed by atoms with E-state index in [0.29, 0.717) is 28.3 Å². The van der Waals surface area contributed by atoms with Crippen molar-refractivity contribution in [3.05, 3.63) is 29.2 Å². The van der Waals surface area contributed by atoms with Crippen molar-refractivity contribution in [2.75, 3.05) is 17.6 Å². The molecule has 1 aromatic heterocycles. The van der Waals surface area contributed by atoms with Crippen LogP contribution in [0, 0.1) is 5.82 Å². The molecule has 3 N–H and O–H groups in total. The molecule has 0 aliphatic carbocycles. The van der Waals surface area contributed by atoms with Crippen LogP contribution in [0.15, 0.2) is 18.3 Å². The molecule has 84 valence electrons. The Balaban J connectivity index is 2.85. The highest BCUT2D eigenvalue weighted by Crippen LogP contribution is 2.34. The van der Waals surface area contributed by atoms with Gasteiger partial charge in [-0.3, -0.25) is 4.98 Å². The summed E-state index contributed by atoms with van der Waals surface area (Å²) in [6.07, 6.45) is 1.43. The normalized spacial score (nSPS) is 10.7. The van der Waals surface area contributed by atoms with Crippen molar-refractivity contribution >= 4 is 33.9 Å². The molecule has 16 heavy (non-hydrogen) atoms. The van der Waals surface area contributed by atoms with Crippen LogP contribution in [0.5, 0.6) is 0 Å². The van der Waals surface area contributed by atoms with Crippen LogP contribution in [-0.4, -0.2) is 11.5 Å². The standard InChI is InChI=1S/C11H11ClFN3/c1-2-15-11-8(14)5-16-10-7(13)4-3-6(12)9(10)11/h3-5H,2,14H2,1H3,(H,15,16). The van der Waals surface area contributed by atoms with Crippen LogP contribution in [0.25, 0.3) is 10.9 Å². The number of nitrogen functional groups attached to an aromatic ring is 1. The molecular formula is C11H11ClFN3. The number of anilines is 2. The Bertz CT molecular complexity index is 542. The molecule has 0 aliphatic rings. The molecule has 0 saturated carbocycles. The van der Waals surface area contributed by atoms with E-state index >= 15 is 0 Å². The summed E-state index contributed by atoms with van der Waals surface area (Å²) in [5.74, 6) is -0.404. The Morgan fingerprint density at radius 2 is 2.25 bits per heavy atom. The molecule has 0 amide bonds. The molecule has 0 bridgehead atoms. The summed E-state index contributed by atoms with van der Waals surface area (Å²) in [5.41, 5.74) is 7.12. The Morgan fingerprint density at radius 1 is 1.50 bits per heavy atom. The minimum atomic E-state index is -0.404. The van der Waals surface area contributed by atoms with Gasteiger partial charge >= 0.3 is 0 Å². The van der Waals surface area contributed by atoms with Gasteiger partial charge in [0.1, 0.15) is 11.3 Å². The predicted molar refractivity (Wildman–Crippen MR) is 65.3 cm³/mol. The minimum Gasteiger partial charge on any atom is -0.396 e. The van der Waals surface area contributed by atoms with Crippen molar-refractivity contribution in [2.45, 2.75) is 6.92 Å². The summed E-state index contributed by atoms with van der Waals surface area (Å²) in [7, 11) is 0. The SMILES string of the molecule is CCNc1c(N)cnc2c(F)ccc(Cl)c12. The second-order valence-electron chi connectivity index (χ2n) is 3.37. The zero-order chi connectivity index (χ0) is 11.7. The van der Waals surface area contributed by atoms with Gasteiger partial charge in [0, 0.05) is 11.9 Å². The van der Waals surface area contributed by atoms with Gasteiger partial charge in [-0.2, -0.15) is 0 Å². The summed E-state index contributed by atoms with van der Waals surface area (Å²) in [5, 5.41) is 4.04. The van der Waals surface area contributed by atoms with Crippen LogP contribution >= 0.6 is 11.6 Å². The van der Waals surface area contributed by atoms with Crippen molar-refractivity contribution in [1.29, 1.82) is 0 Å². The molecule has 1 heterocycles. The quantitative estimate of drug-likeness (QED) is 0.847. The van der Waals surface area contributed by atoms with Crippen LogP contribution in [0.2, 0.25) is 5.02 Å². The van der Waals surface area contributed by atoms with Crippen LogP contribution in [-0.2, 0) is 0 Å². The molecule has 1 aromatic carbocycles. The smallest absolute Gasteiger partial charge is 0.149 e. The Kier molecular flexibility index (Phi) is 2.83. The van der Waals surface area contributed by atoms with E-state index < -0.39 is 5.82 Å². The lowest BCUT2D eigenvalue weighted by molar-refractivity contribution is 0.637. The summed E-state index contributed by atoms with van der Waals surface area (Å²) in [6, 6.07) is 2.80. The second kappa shape index (κ2) is 4.14. The van der Waals surface area contributed by atoms with Gasteiger partial charge in [-0.05, 0) is 19.1 Å². The van der Waals surface area contributed by atoms with E-state index in [4.69, 9.17) is 17.3 Å². The number of rotatable bonds is 2. The fraction of sp³-hybridized carbons (Fsp3) is 0.182. The van der Waals surface area contributed by atoms with E-state index in [-0.39, 0.29) is 5.52 Å². The number of benzene rings is 1. The van der Waals surface area contributed by atoms with Gasteiger partial charge in [0.2, 0.25) is 0 Å². The average Bonchev–Trinajstić information content (AvgIpc) is 2.27. The van der Waals surface area contributed by atoms with Gasteiger partial charge in [-0.1, -0.05) is 11.6 Å². The Labute approximate surface area is 97.4 Å². The topological polar surface area (TPSA) is 50.9 Å². The molecule has 2 rings (SSSR count). The van der Waals surface area contributed by atoms with E-state index in [2.05, 4.69) is 10.3 Å². The van der Waals surface area contributed by atoms with Gasteiger partial charge in [-0.25, -0.2) is 4.39 Å². The molecule has 0 aliphatic heterocycles. The third-order valence-electron chi connectivity index (χ3n) is 2.30. The van der Waals surface area contributed by atoms with E-state index in [9.17, 15) is 4.39 Å². The van der Waals surface area contributed by atoms with Crippen LogP contribution in [0.3, 0.4) is 0 Å². The van der Waals surface area contributed by atoms with Gasteiger partial charge in [0.05, 0.1) is 22.6 Å². The zero-order valence-electron chi connectivity index (χ0n) is 8.72. The van der Waals surface area contributed by atoms with Gasteiger partial charge in [0.15, 0.2) is 0 Å². The number of fused-ring (bicyclic) bond motifs is 1. The summed E-state index contributed by atoms with van der Waals surface area (Å²) in [6.45, 7) is 2.61. The van der Waals surface area contributed by atoms with E-state index in [1.165, 1.54) is 18.3 Å². The zero-order valence-corrected chi connectivity index (χ0v) is 9.48. The highest BCUT2D eigenvalue weighted by molar-refractivity contribution is 6.36. The second-order valence-corrected chi connectivity index (χ2v) is 3.78. The molecule has 0 saturated heterocycles. The first-order valence-electron chi connectivity index (χ1n) is 4.91. The minimum absolute atomic E-state index is 0.234. The summed E-state index contributed by atoms with van der Waals surface area (Å²) in [4.78, 5) is 3.96. The van der Waals surface area contributed by atoms with Crippen LogP contribution in [0.1, 0.15) is 6.92 Å². The average molecular weight is 240 g/mol. The van der Waals surface area contributed by atoms with Gasteiger partial charge < -0.3 is 11.1 Å². The lowest BCUT2D eigenvalue weighted by atomic mass is 10.1. The number of hydrogen-bond acceptors (Lipinski definition) is 3.